The van der Waals surface area contributed by atoms with Crippen LogP contribution in [-0.2, 0) is 9.59 Å². The van der Waals surface area contributed by atoms with Gasteiger partial charge in [0.15, 0.2) is 0 Å². The number of para-hydroxylation sites is 1. The normalized spacial score (nSPS) is 16.4. The van der Waals surface area contributed by atoms with Gasteiger partial charge in [0.05, 0.1) is 14.2 Å². The fourth-order valence-electron chi connectivity index (χ4n) is 3.88. The molecule has 31 heavy (non-hydrogen) atoms. The second-order valence-electron chi connectivity index (χ2n) is 7.35. The fraction of sp³-hybridized carbons (Fsp3) is 0.200. The third kappa shape index (κ3) is 3.84. The monoisotopic (exact) mass is 416 g/mol. The summed E-state index contributed by atoms with van der Waals surface area (Å²) in [7, 11) is 3.18. The zero-order chi connectivity index (χ0) is 22.0. The SMILES string of the molecule is COc1ccc(C2C(=O)N(c3ccccc3C)CC(=O)N2c2ccc(OC)cc2)cc1. The molecule has 0 saturated carbocycles. The molecule has 1 heterocycles. The molecule has 2 amide bonds. The van der Waals surface area contributed by atoms with Crippen LogP contribution in [0.25, 0.3) is 0 Å². The maximum atomic E-state index is 13.8. The van der Waals surface area contributed by atoms with Crippen LogP contribution in [0, 0.1) is 6.92 Å². The van der Waals surface area contributed by atoms with Gasteiger partial charge in [-0.3, -0.25) is 14.5 Å². The van der Waals surface area contributed by atoms with Crippen molar-refractivity contribution in [3.63, 3.8) is 0 Å². The number of carbonyl (C=O) groups excluding carboxylic acids is 2. The lowest BCUT2D eigenvalue weighted by Crippen LogP contribution is -2.56. The number of benzene rings is 3. The van der Waals surface area contributed by atoms with Crippen LogP contribution in [0.4, 0.5) is 11.4 Å². The molecule has 3 aromatic carbocycles. The van der Waals surface area contributed by atoms with E-state index in [2.05, 4.69) is 0 Å². The minimum Gasteiger partial charge on any atom is -0.497 e. The largest absolute Gasteiger partial charge is 0.497 e. The lowest BCUT2D eigenvalue weighted by Gasteiger charge is -2.41. The van der Waals surface area contributed by atoms with Gasteiger partial charge in [0, 0.05) is 11.4 Å². The second kappa shape index (κ2) is 8.52. The third-order valence-electron chi connectivity index (χ3n) is 5.51. The quantitative estimate of drug-likeness (QED) is 0.627. The predicted octanol–water partition coefficient (Wildman–Crippen LogP) is 4.13. The zero-order valence-corrected chi connectivity index (χ0v) is 17.7. The van der Waals surface area contributed by atoms with Crippen molar-refractivity contribution in [2.75, 3.05) is 30.6 Å². The van der Waals surface area contributed by atoms with Crippen LogP contribution >= 0.6 is 0 Å². The molecule has 1 aliphatic rings. The van der Waals surface area contributed by atoms with Crippen molar-refractivity contribution in [2.45, 2.75) is 13.0 Å². The van der Waals surface area contributed by atoms with Crippen molar-refractivity contribution in [3.05, 3.63) is 83.9 Å². The van der Waals surface area contributed by atoms with Crippen LogP contribution in [0.5, 0.6) is 11.5 Å². The Hall–Kier alpha value is -3.80. The van der Waals surface area contributed by atoms with Crippen molar-refractivity contribution >= 4 is 23.2 Å². The number of nitrogens with zero attached hydrogens (tertiary/aromatic N) is 2. The molecule has 3 aromatic rings. The van der Waals surface area contributed by atoms with Gasteiger partial charge in [-0.2, -0.15) is 0 Å². The highest BCUT2D eigenvalue weighted by Crippen LogP contribution is 2.36. The summed E-state index contributed by atoms with van der Waals surface area (Å²) in [6, 6.07) is 21.2. The van der Waals surface area contributed by atoms with E-state index in [0.29, 0.717) is 22.7 Å². The minimum atomic E-state index is -0.792. The summed E-state index contributed by atoms with van der Waals surface area (Å²) >= 11 is 0. The van der Waals surface area contributed by atoms with Crippen LogP contribution in [-0.4, -0.2) is 32.6 Å². The number of carbonyl (C=O) groups is 2. The number of anilines is 2. The predicted molar refractivity (Wildman–Crippen MR) is 120 cm³/mol. The zero-order valence-electron chi connectivity index (χ0n) is 17.7. The number of ether oxygens (including phenoxy) is 2. The number of amides is 2. The average molecular weight is 416 g/mol. The summed E-state index contributed by atoms with van der Waals surface area (Å²) in [5.74, 6) is 1.05. The first kappa shape index (κ1) is 20.5. The van der Waals surface area contributed by atoms with Gasteiger partial charge in [-0.15, -0.1) is 0 Å². The summed E-state index contributed by atoms with van der Waals surface area (Å²) in [5.41, 5.74) is 3.04. The Labute approximate surface area is 181 Å². The molecule has 0 aliphatic carbocycles. The third-order valence-corrected chi connectivity index (χ3v) is 5.51. The summed E-state index contributed by atoms with van der Waals surface area (Å²) in [6.45, 7) is 1.91. The lowest BCUT2D eigenvalue weighted by molar-refractivity contribution is -0.128. The van der Waals surface area contributed by atoms with E-state index in [1.807, 2.05) is 43.3 Å². The summed E-state index contributed by atoms with van der Waals surface area (Å²) in [4.78, 5) is 30.3. The number of hydrogen-bond acceptors (Lipinski definition) is 4. The molecule has 1 fully saturated rings. The fourth-order valence-corrected chi connectivity index (χ4v) is 3.88. The smallest absolute Gasteiger partial charge is 0.255 e. The molecule has 1 unspecified atom stereocenters. The first-order valence-electron chi connectivity index (χ1n) is 10.0. The van der Waals surface area contributed by atoms with Crippen LogP contribution in [0.3, 0.4) is 0 Å². The van der Waals surface area contributed by atoms with E-state index in [0.717, 1.165) is 11.3 Å². The molecule has 0 bridgehead atoms. The molecule has 1 atom stereocenters. The minimum absolute atomic E-state index is 0.0254. The number of aryl methyl sites for hydroxylation is 1. The van der Waals surface area contributed by atoms with Crippen molar-refractivity contribution in [3.8, 4) is 11.5 Å². The summed E-state index contributed by atoms with van der Waals surface area (Å²) in [6.07, 6.45) is 0. The molecule has 1 saturated heterocycles. The number of rotatable bonds is 5. The molecule has 0 N–H and O–H groups in total. The van der Waals surface area contributed by atoms with Crippen LogP contribution in [0.2, 0.25) is 0 Å². The van der Waals surface area contributed by atoms with Gasteiger partial charge in [-0.25, -0.2) is 0 Å². The van der Waals surface area contributed by atoms with Crippen LogP contribution < -0.4 is 19.3 Å². The molecule has 4 rings (SSSR count). The van der Waals surface area contributed by atoms with Gasteiger partial charge in [-0.05, 0) is 60.5 Å². The van der Waals surface area contributed by atoms with Gasteiger partial charge >= 0.3 is 0 Å². The Morgan fingerprint density at radius 1 is 0.806 bits per heavy atom. The Balaban J connectivity index is 1.80. The molecule has 158 valence electrons. The molecular formula is C25H24N2O4. The van der Waals surface area contributed by atoms with E-state index in [1.165, 1.54) is 0 Å². The van der Waals surface area contributed by atoms with E-state index in [-0.39, 0.29) is 18.4 Å². The molecule has 0 spiro atoms. The maximum absolute atomic E-state index is 13.8. The van der Waals surface area contributed by atoms with E-state index in [9.17, 15) is 9.59 Å². The molecule has 6 nitrogen and oxygen atoms in total. The van der Waals surface area contributed by atoms with Crippen LogP contribution in [0.1, 0.15) is 17.2 Å². The van der Waals surface area contributed by atoms with Crippen molar-refractivity contribution in [1.29, 1.82) is 0 Å². The standard InChI is InChI=1S/C25H24N2O4/c1-17-6-4-5-7-22(17)26-16-23(28)27(19-10-14-21(31-3)15-11-19)24(25(26)29)18-8-12-20(30-2)13-9-18/h4-15,24H,16H2,1-3H3. The molecule has 0 aromatic heterocycles. The highest BCUT2D eigenvalue weighted by Gasteiger charge is 2.42. The first-order valence-corrected chi connectivity index (χ1v) is 10.0. The van der Waals surface area contributed by atoms with Crippen molar-refractivity contribution < 1.29 is 19.1 Å². The van der Waals surface area contributed by atoms with Gasteiger partial charge in [0.1, 0.15) is 24.1 Å². The van der Waals surface area contributed by atoms with Gasteiger partial charge < -0.3 is 14.4 Å². The van der Waals surface area contributed by atoms with Crippen molar-refractivity contribution in [1.82, 2.24) is 0 Å². The first-order chi connectivity index (χ1) is 15.0. The van der Waals surface area contributed by atoms with Gasteiger partial charge in [0.2, 0.25) is 5.91 Å². The summed E-state index contributed by atoms with van der Waals surface area (Å²) in [5, 5.41) is 0. The van der Waals surface area contributed by atoms with E-state index >= 15 is 0 Å². The lowest BCUT2D eigenvalue weighted by atomic mass is 9.98. The van der Waals surface area contributed by atoms with Gasteiger partial charge in [-0.1, -0.05) is 30.3 Å². The van der Waals surface area contributed by atoms with E-state index < -0.39 is 6.04 Å². The Morgan fingerprint density at radius 3 is 1.97 bits per heavy atom. The number of methoxy groups -OCH3 is 2. The molecule has 6 heteroatoms. The Kier molecular flexibility index (Phi) is 5.62. The van der Waals surface area contributed by atoms with E-state index in [1.54, 1.807) is 60.4 Å². The highest BCUT2D eigenvalue weighted by molar-refractivity contribution is 6.14. The topological polar surface area (TPSA) is 59.1 Å². The van der Waals surface area contributed by atoms with E-state index in [4.69, 9.17) is 9.47 Å². The second-order valence-corrected chi connectivity index (χ2v) is 7.35. The molecule has 1 aliphatic heterocycles. The van der Waals surface area contributed by atoms with Crippen LogP contribution in [0.15, 0.2) is 72.8 Å². The maximum Gasteiger partial charge on any atom is 0.255 e. The van der Waals surface area contributed by atoms with Gasteiger partial charge in [0.25, 0.3) is 5.91 Å². The van der Waals surface area contributed by atoms with Crippen molar-refractivity contribution in [2.24, 2.45) is 0 Å². The number of hydrogen-bond donors (Lipinski definition) is 0. The molecule has 0 radical (unpaired) electrons. The average Bonchev–Trinajstić information content (AvgIpc) is 2.81. The Bertz CT molecular complexity index is 1090. The number of piperazine rings is 1. The summed E-state index contributed by atoms with van der Waals surface area (Å²) < 4.78 is 10.5. The highest BCUT2D eigenvalue weighted by atomic mass is 16.5. The Morgan fingerprint density at radius 2 is 1.39 bits per heavy atom. The molecular weight excluding hydrogens is 392 g/mol.